The number of nitrogens with zero attached hydrogens (tertiary/aromatic N) is 1. The number of halogens is 2. The summed E-state index contributed by atoms with van der Waals surface area (Å²) in [5, 5.41) is 2.62. The smallest absolute Gasteiger partial charge is 0.255 e. The fourth-order valence-electron chi connectivity index (χ4n) is 1.97. The Morgan fingerprint density at radius 1 is 1.33 bits per heavy atom. The highest BCUT2D eigenvalue weighted by atomic mass is 19.3. The number of hydrogen-bond donors (Lipinski definition) is 1. The molecule has 104 valence electrons. The number of nitrogens with one attached hydrogen (secondary N) is 1. The first-order valence-corrected chi connectivity index (χ1v) is 5.88. The van der Waals surface area contributed by atoms with Gasteiger partial charge in [0.2, 0.25) is 11.8 Å². The van der Waals surface area contributed by atoms with Gasteiger partial charge in [-0.2, -0.15) is 0 Å². The quantitative estimate of drug-likeness (QED) is 0.818. The van der Waals surface area contributed by atoms with Gasteiger partial charge in [-0.25, -0.2) is 8.78 Å². The first-order chi connectivity index (χ1) is 7.98. The van der Waals surface area contributed by atoms with Crippen molar-refractivity contribution in [1.29, 1.82) is 0 Å². The molecule has 1 unspecified atom stereocenters. The summed E-state index contributed by atoms with van der Waals surface area (Å²) >= 11 is 0. The lowest BCUT2D eigenvalue weighted by Crippen LogP contribution is -2.71. The van der Waals surface area contributed by atoms with E-state index in [1.165, 1.54) is 13.8 Å². The molecule has 1 aliphatic heterocycles. The van der Waals surface area contributed by atoms with E-state index in [2.05, 4.69) is 5.32 Å². The lowest BCUT2D eigenvalue weighted by atomic mass is 9.82. The van der Waals surface area contributed by atoms with Crippen molar-refractivity contribution >= 4 is 11.8 Å². The molecule has 2 amide bonds. The zero-order valence-electron chi connectivity index (χ0n) is 11.4. The van der Waals surface area contributed by atoms with Crippen LogP contribution in [0.25, 0.3) is 0 Å². The van der Waals surface area contributed by atoms with Crippen LogP contribution in [0.15, 0.2) is 0 Å². The maximum atomic E-state index is 12.6. The lowest BCUT2D eigenvalue weighted by molar-refractivity contribution is -0.160. The number of amides is 2. The monoisotopic (exact) mass is 262 g/mol. The van der Waals surface area contributed by atoms with Gasteiger partial charge in [0.05, 0.1) is 6.54 Å². The molecular formula is C12H20F2N2O2. The van der Waals surface area contributed by atoms with E-state index in [1.54, 1.807) is 20.8 Å². The second-order valence-corrected chi connectivity index (χ2v) is 6.17. The van der Waals surface area contributed by atoms with Gasteiger partial charge in [-0.15, -0.1) is 0 Å². The standard InChI is InChI=1S/C12H20F2N2O2/c1-11(2,3)8-9(17)16(6-7(13)14)12(4,5)10(18)15-8/h7-8H,6H2,1-5H3,(H,15,18). The number of piperazine rings is 1. The van der Waals surface area contributed by atoms with Gasteiger partial charge in [-0.3, -0.25) is 9.59 Å². The second kappa shape index (κ2) is 4.48. The number of carbonyl (C=O) groups is 2. The van der Waals surface area contributed by atoms with E-state index in [-0.39, 0.29) is 0 Å². The molecule has 1 rings (SSSR count). The highest BCUT2D eigenvalue weighted by Crippen LogP contribution is 2.29. The molecule has 6 heteroatoms. The Bertz CT molecular complexity index is 362. The molecule has 0 radical (unpaired) electrons. The summed E-state index contributed by atoms with van der Waals surface area (Å²) in [7, 11) is 0. The van der Waals surface area contributed by atoms with Crippen LogP contribution in [0.1, 0.15) is 34.6 Å². The molecular weight excluding hydrogens is 242 g/mol. The zero-order valence-corrected chi connectivity index (χ0v) is 11.4. The molecule has 0 aromatic carbocycles. The van der Waals surface area contributed by atoms with Gasteiger partial charge in [0.25, 0.3) is 6.43 Å². The first kappa shape index (κ1) is 14.9. The summed E-state index contributed by atoms with van der Waals surface area (Å²) in [6.07, 6.45) is -2.65. The summed E-state index contributed by atoms with van der Waals surface area (Å²) in [5.74, 6) is -0.852. The molecule has 0 bridgehead atoms. The highest BCUT2D eigenvalue weighted by Gasteiger charge is 2.50. The van der Waals surface area contributed by atoms with E-state index in [0.717, 1.165) is 4.90 Å². The Hall–Kier alpha value is -1.20. The van der Waals surface area contributed by atoms with Gasteiger partial charge >= 0.3 is 0 Å². The minimum absolute atomic E-state index is 0.400. The van der Waals surface area contributed by atoms with Crippen LogP contribution in [0.2, 0.25) is 0 Å². The maximum absolute atomic E-state index is 12.6. The highest BCUT2D eigenvalue weighted by molar-refractivity contribution is 5.99. The SMILES string of the molecule is CC(C)(C)C1NC(=O)C(C)(C)N(CC(F)F)C1=O. The molecule has 0 saturated carbocycles. The molecule has 1 fully saturated rings. The van der Waals surface area contributed by atoms with Gasteiger partial charge in [0.15, 0.2) is 0 Å². The predicted octanol–water partition coefficient (Wildman–Crippen LogP) is 1.40. The summed E-state index contributed by atoms with van der Waals surface area (Å²) in [5.41, 5.74) is -1.75. The second-order valence-electron chi connectivity index (χ2n) is 6.17. The van der Waals surface area contributed by atoms with E-state index in [0.29, 0.717) is 0 Å². The molecule has 4 nitrogen and oxygen atoms in total. The van der Waals surface area contributed by atoms with Gasteiger partial charge < -0.3 is 10.2 Å². The van der Waals surface area contributed by atoms with Crippen LogP contribution >= 0.6 is 0 Å². The Balaban J connectivity index is 3.10. The van der Waals surface area contributed by atoms with Crippen molar-refractivity contribution in [2.75, 3.05) is 6.54 Å². The topological polar surface area (TPSA) is 49.4 Å². The van der Waals surface area contributed by atoms with Crippen LogP contribution in [0, 0.1) is 5.41 Å². The van der Waals surface area contributed by atoms with Gasteiger partial charge in [-0.1, -0.05) is 20.8 Å². The van der Waals surface area contributed by atoms with Crippen molar-refractivity contribution < 1.29 is 18.4 Å². The molecule has 1 aliphatic rings. The molecule has 18 heavy (non-hydrogen) atoms. The summed E-state index contributed by atoms with van der Waals surface area (Å²) in [4.78, 5) is 25.2. The van der Waals surface area contributed by atoms with Crippen molar-refractivity contribution in [3.05, 3.63) is 0 Å². The van der Waals surface area contributed by atoms with E-state index >= 15 is 0 Å². The molecule has 0 aromatic rings. The third kappa shape index (κ3) is 2.62. The molecule has 0 spiro atoms. The Kier molecular flexibility index (Phi) is 3.70. The van der Waals surface area contributed by atoms with Crippen LogP contribution < -0.4 is 5.32 Å². The van der Waals surface area contributed by atoms with Crippen LogP contribution in [0.4, 0.5) is 8.78 Å². The third-order valence-corrected chi connectivity index (χ3v) is 3.21. The largest absolute Gasteiger partial charge is 0.342 e. The first-order valence-electron chi connectivity index (χ1n) is 5.88. The fourth-order valence-corrected chi connectivity index (χ4v) is 1.97. The minimum Gasteiger partial charge on any atom is -0.342 e. The number of hydrogen-bond acceptors (Lipinski definition) is 2. The van der Waals surface area contributed by atoms with Crippen LogP contribution in [-0.2, 0) is 9.59 Å². The van der Waals surface area contributed by atoms with Crippen LogP contribution in [-0.4, -0.2) is 41.3 Å². The van der Waals surface area contributed by atoms with Crippen molar-refractivity contribution in [1.82, 2.24) is 10.2 Å². The van der Waals surface area contributed by atoms with E-state index in [4.69, 9.17) is 0 Å². The third-order valence-electron chi connectivity index (χ3n) is 3.21. The molecule has 1 heterocycles. The normalized spacial score (nSPS) is 24.4. The summed E-state index contributed by atoms with van der Waals surface area (Å²) in [6, 6.07) is -0.767. The number of alkyl halides is 2. The molecule has 1 N–H and O–H groups in total. The molecule has 0 aromatic heterocycles. The van der Waals surface area contributed by atoms with Crippen molar-refractivity contribution in [3.8, 4) is 0 Å². The van der Waals surface area contributed by atoms with Gasteiger partial charge in [0, 0.05) is 0 Å². The van der Waals surface area contributed by atoms with Crippen molar-refractivity contribution in [3.63, 3.8) is 0 Å². The lowest BCUT2D eigenvalue weighted by Gasteiger charge is -2.47. The van der Waals surface area contributed by atoms with E-state index in [1.807, 2.05) is 0 Å². The average Bonchev–Trinajstić information content (AvgIpc) is 2.17. The molecule has 0 aliphatic carbocycles. The van der Waals surface area contributed by atoms with Crippen LogP contribution in [0.5, 0.6) is 0 Å². The average molecular weight is 262 g/mol. The predicted molar refractivity (Wildman–Crippen MR) is 63.2 cm³/mol. The maximum Gasteiger partial charge on any atom is 0.255 e. The minimum atomic E-state index is -2.65. The van der Waals surface area contributed by atoms with Gasteiger partial charge in [-0.05, 0) is 19.3 Å². The Morgan fingerprint density at radius 2 is 1.83 bits per heavy atom. The van der Waals surface area contributed by atoms with E-state index < -0.39 is 41.8 Å². The number of carbonyl (C=O) groups excluding carboxylic acids is 2. The summed E-state index contributed by atoms with van der Waals surface area (Å²) < 4.78 is 25.1. The Morgan fingerprint density at radius 3 is 2.22 bits per heavy atom. The molecule has 1 atom stereocenters. The number of rotatable bonds is 2. The molecule has 1 saturated heterocycles. The van der Waals surface area contributed by atoms with E-state index in [9.17, 15) is 18.4 Å². The Labute approximate surface area is 106 Å². The van der Waals surface area contributed by atoms with Crippen LogP contribution in [0.3, 0.4) is 0 Å². The van der Waals surface area contributed by atoms with Gasteiger partial charge in [0.1, 0.15) is 11.6 Å². The zero-order chi connectivity index (χ0) is 14.3. The fraction of sp³-hybridized carbons (Fsp3) is 0.833. The van der Waals surface area contributed by atoms with Crippen molar-refractivity contribution in [2.45, 2.75) is 52.6 Å². The summed E-state index contributed by atoms with van der Waals surface area (Å²) in [6.45, 7) is 7.59. The van der Waals surface area contributed by atoms with Crippen molar-refractivity contribution in [2.24, 2.45) is 5.41 Å².